The molecular formula is C11H10ClNOS2. The minimum Gasteiger partial charge on any atom is -0.398 e. The molecule has 0 fully saturated rings. The summed E-state index contributed by atoms with van der Waals surface area (Å²) in [6, 6.07) is 7.01. The molecule has 16 heavy (non-hydrogen) atoms. The number of hydrogen-bond acceptors (Lipinski definition) is 3. The lowest BCUT2D eigenvalue weighted by molar-refractivity contribution is 0.683. The van der Waals surface area contributed by atoms with Gasteiger partial charge in [0.05, 0.1) is 21.4 Å². The van der Waals surface area contributed by atoms with Gasteiger partial charge in [-0.3, -0.25) is 4.21 Å². The predicted molar refractivity (Wildman–Crippen MR) is 70.3 cm³/mol. The van der Waals surface area contributed by atoms with E-state index in [-0.39, 0.29) is 0 Å². The van der Waals surface area contributed by atoms with Crippen LogP contribution in [0.4, 0.5) is 5.69 Å². The van der Waals surface area contributed by atoms with Crippen LogP contribution in [-0.2, 0) is 16.6 Å². The van der Waals surface area contributed by atoms with Crippen LogP contribution in [0, 0.1) is 0 Å². The zero-order valence-electron chi connectivity index (χ0n) is 8.35. The van der Waals surface area contributed by atoms with E-state index in [0.29, 0.717) is 21.4 Å². The zero-order valence-corrected chi connectivity index (χ0v) is 10.7. The molecule has 1 aromatic heterocycles. The van der Waals surface area contributed by atoms with Crippen molar-refractivity contribution in [2.75, 3.05) is 5.73 Å². The van der Waals surface area contributed by atoms with Crippen molar-refractivity contribution in [2.45, 2.75) is 10.6 Å². The van der Waals surface area contributed by atoms with Crippen LogP contribution in [0.3, 0.4) is 0 Å². The highest BCUT2D eigenvalue weighted by Crippen LogP contribution is 2.23. The van der Waals surface area contributed by atoms with Crippen molar-refractivity contribution in [2.24, 2.45) is 0 Å². The second kappa shape index (κ2) is 4.99. The largest absolute Gasteiger partial charge is 0.398 e. The standard InChI is InChI=1S/C11H10ClNOS2/c12-9-1-2-10(13)11(5-9)16(14)7-8-3-4-15-6-8/h1-6H,7,13H2. The van der Waals surface area contributed by atoms with Crippen LogP contribution >= 0.6 is 22.9 Å². The Bertz CT molecular complexity index is 511. The third-order valence-corrected chi connectivity index (χ3v) is 4.51. The molecule has 0 saturated carbocycles. The number of nitrogens with two attached hydrogens (primary N) is 1. The summed E-state index contributed by atoms with van der Waals surface area (Å²) in [7, 11) is -1.14. The topological polar surface area (TPSA) is 43.1 Å². The fourth-order valence-corrected chi connectivity index (χ4v) is 3.55. The molecule has 84 valence electrons. The SMILES string of the molecule is Nc1ccc(Cl)cc1S(=O)Cc1ccsc1. The molecule has 0 aliphatic carbocycles. The molecule has 2 nitrogen and oxygen atoms in total. The highest BCUT2D eigenvalue weighted by Gasteiger charge is 2.09. The lowest BCUT2D eigenvalue weighted by Crippen LogP contribution is -2.00. The van der Waals surface area contributed by atoms with Crippen molar-refractivity contribution >= 4 is 39.4 Å². The molecule has 0 spiro atoms. The van der Waals surface area contributed by atoms with Gasteiger partial charge in [0.1, 0.15) is 0 Å². The van der Waals surface area contributed by atoms with E-state index in [0.717, 1.165) is 5.56 Å². The average Bonchev–Trinajstić information content (AvgIpc) is 2.74. The maximum absolute atomic E-state index is 12.1. The van der Waals surface area contributed by atoms with E-state index in [2.05, 4.69) is 0 Å². The molecule has 1 aromatic carbocycles. The number of nitrogen functional groups attached to an aromatic ring is 1. The van der Waals surface area contributed by atoms with Gasteiger partial charge in [-0.1, -0.05) is 11.6 Å². The van der Waals surface area contributed by atoms with Gasteiger partial charge in [0, 0.05) is 10.7 Å². The van der Waals surface area contributed by atoms with Gasteiger partial charge in [0.2, 0.25) is 0 Å². The Hall–Kier alpha value is -0.840. The summed E-state index contributed by atoms with van der Waals surface area (Å²) in [4.78, 5) is 0.610. The fraction of sp³-hybridized carbons (Fsp3) is 0.0909. The number of halogens is 1. The normalized spacial score (nSPS) is 12.6. The maximum Gasteiger partial charge on any atom is 0.0635 e. The van der Waals surface area contributed by atoms with Gasteiger partial charge in [-0.15, -0.1) is 0 Å². The van der Waals surface area contributed by atoms with Gasteiger partial charge in [-0.05, 0) is 40.6 Å². The third-order valence-electron chi connectivity index (χ3n) is 2.10. The Labute approximate surface area is 106 Å². The van der Waals surface area contributed by atoms with Gasteiger partial charge >= 0.3 is 0 Å². The van der Waals surface area contributed by atoms with E-state index >= 15 is 0 Å². The molecule has 0 saturated heterocycles. The van der Waals surface area contributed by atoms with Crippen molar-refractivity contribution in [1.29, 1.82) is 0 Å². The molecular weight excluding hydrogens is 262 g/mol. The first-order chi connectivity index (χ1) is 7.66. The number of benzene rings is 1. The molecule has 2 rings (SSSR count). The Morgan fingerprint density at radius 3 is 2.88 bits per heavy atom. The second-order valence-electron chi connectivity index (χ2n) is 3.30. The molecule has 0 bridgehead atoms. The van der Waals surface area contributed by atoms with Gasteiger partial charge in [-0.2, -0.15) is 11.3 Å². The first-order valence-corrected chi connectivity index (χ1v) is 7.25. The summed E-state index contributed by atoms with van der Waals surface area (Å²) in [5, 5.41) is 4.51. The van der Waals surface area contributed by atoms with Crippen molar-refractivity contribution < 1.29 is 4.21 Å². The molecule has 1 unspecified atom stereocenters. The van der Waals surface area contributed by atoms with E-state index in [1.54, 1.807) is 29.5 Å². The van der Waals surface area contributed by atoms with Crippen molar-refractivity contribution in [1.82, 2.24) is 0 Å². The van der Waals surface area contributed by atoms with Crippen molar-refractivity contribution in [3.63, 3.8) is 0 Å². The lowest BCUT2D eigenvalue weighted by Gasteiger charge is -2.05. The van der Waals surface area contributed by atoms with Crippen LogP contribution in [-0.4, -0.2) is 4.21 Å². The number of hydrogen-bond donors (Lipinski definition) is 1. The third kappa shape index (κ3) is 2.64. The van der Waals surface area contributed by atoms with Gasteiger partial charge in [0.25, 0.3) is 0 Å². The fourth-order valence-electron chi connectivity index (χ4n) is 1.31. The smallest absolute Gasteiger partial charge is 0.0635 e. The molecule has 1 heterocycles. The second-order valence-corrected chi connectivity index (χ2v) is 5.94. The van der Waals surface area contributed by atoms with Crippen LogP contribution in [0.1, 0.15) is 5.56 Å². The van der Waals surface area contributed by atoms with Crippen LogP contribution in [0.15, 0.2) is 39.9 Å². The summed E-state index contributed by atoms with van der Waals surface area (Å²) in [6.07, 6.45) is 0. The van der Waals surface area contributed by atoms with E-state index in [9.17, 15) is 4.21 Å². The summed E-state index contributed by atoms with van der Waals surface area (Å²) in [6.45, 7) is 0. The monoisotopic (exact) mass is 271 g/mol. The van der Waals surface area contributed by atoms with Gasteiger partial charge in [-0.25, -0.2) is 0 Å². The average molecular weight is 272 g/mol. The molecule has 0 aliphatic heterocycles. The molecule has 0 amide bonds. The lowest BCUT2D eigenvalue weighted by atomic mass is 10.3. The van der Waals surface area contributed by atoms with E-state index in [1.807, 2.05) is 16.8 Å². The first-order valence-electron chi connectivity index (χ1n) is 4.61. The summed E-state index contributed by atoms with van der Waals surface area (Å²) < 4.78 is 12.1. The quantitative estimate of drug-likeness (QED) is 0.871. The van der Waals surface area contributed by atoms with Crippen LogP contribution < -0.4 is 5.73 Å². The Balaban J connectivity index is 2.24. The molecule has 2 N–H and O–H groups in total. The summed E-state index contributed by atoms with van der Waals surface area (Å²) in [5.74, 6) is 0.480. The van der Waals surface area contributed by atoms with E-state index in [1.165, 1.54) is 0 Å². The molecule has 5 heteroatoms. The Morgan fingerprint density at radius 2 is 2.19 bits per heavy atom. The number of rotatable bonds is 3. The molecule has 2 aromatic rings. The minimum atomic E-state index is -1.14. The maximum atomic E-state index is 12.1. The van der Waals surface area contributed by atoms with Crippen LogP contribution in [0.25, 0.3) is 0 Å². The molecule has 0 radical (unpaired) electrons. The predicted octanol–water partition coefficient (Wildman–Crippen LogP) is 3.29. The highest BCUT2D eigenvalue weighted by atomic mass is 35.5. The summed E-state index contributed by atoms with van der Waals surface area (Å²) in [5.41, 5.74) is 7.35. The van der Waals surface area contributed by atoms with Crippen molar-refractivity contribution in [3.8, 4) is 0 Å². The van der Waals surface area contributed by atoms with E-state index < -0.39 is 10.8 Å². The zero-order chi connectivity index (χ0) is 11.5. The van der Waals surface area contributed by atoms with Crippen molar-refractivity contribution in [3.05, 3.63) is 45.6 Å². The Morgan fingerprint density at radius 1 is 1.38 bits per heavy atom. The van der Waals surface area contributed by atoms with Crippen LogP contribution in [0.5, 0.6) is 0 Å². The highest BCUT2D eigenvalue weighted by molar-refractivity contribution is 7.84. The molecule has 0 aliphatic rings. The van der Waals surface area contributed by atoms with Crippen LogP contribution in [0.2, 0.25) is 5.02 Å². The first kappa shape index (κ1) is 11.6. The summed E-state index contributed by atoms with van der Waals surface area (Å²) >= 11 is 7.45. The van der Waals surface area contributed by atoms with E-state index in [4.69, 9.17) is 17.3 Å². The molecule has 1 atom stereocenters. The van der Waals surface area contributed by atoms with Gasteiger partial charge in [0.15, 0.2) is 0 Å². The van der Waals surface area contributed by atoms with Gasteiger partial charge < -0.3 is 5.73 Å². The minimum absolute atomic E-state index is 0.480. The number of anilines is 1. The Kier molecular flexibility index (Phi) is 3.63. The number of thiophene rings is 1.